The fourth-order valence-corrected chi connectivity index (χ4v) is 4.50. The molecular formula is C26H29N5O. The van der Waals surface area contributed by atoms with Gasteiger partial charge >= 0.3 is 0 Å². The number of fused-ring (bicyclic) bond motifs is 1. The third kappa shape index (κ3) is 4.11. The van der Waals surface area contributed by atoms with Crippen molar-refractivity contribution in [3.05, 3.63) is 83.9 Å². The maximum atomic E-state index is 5.31. The van der Waals surface area contributed by atoms with Crippen molar-refractivity contribution in [1.29, 1.82) is 0 Å². The van der Waals surface area contributed by atoms with Crippen LogP contribution < -0.4 is 4.74 Å². The highest BCUT2D eigenvalue weighted by Gasteiger charge is 2.28. The molecule has 4 aromatic rings. The lowest BCUT2D eigenvalue weighted by molar-refractivity contribution is 0.0876. The molecule has 1 fully saturated rings. The van der Waals surface area contributed by atoms with E-state index < -0.39 is 0 Å². The van der Waals surface area contributed by atoms with Crippen LogP contribution in [0.4, 0.5) is 0 Å². The Morgan fingerprint density at radius 2 is 1.78 bits per heavy atom. The van der Waals surface area contributed by atoms with Gasteiger partial charge in [0.15, 0.2) is 0 Å². The summed E-state index contributed by atoms with van der Waals surface area (Å²) < 4.78 is 7.51. The van der Waals surface area contributed by atoms with Gasteiger partial charge in [-0.3, -0.25) is 19.2 Å². The first-order valence-corrected chi connectivity index (χ1v) is 11.1. The molecule has 6 nitrogen and oxygen atoms in total. The van der Waals surface area contributed by atoms with Gasteiger partial charge in [0, 0.05) is 38.1 Å². The molecule has 0 saturated carbocycles. The van der Waals surface area contributed by atoms with E-state index in [1.165, 1.54) is 0 Å². The molecule has 4 heterocycles. The van der Waals surface area contributed by atoms with Crippen LogP contribution in [0.5, 0.6) is 5.75 Å². The van der Waals surface area contributed by atoms with Gasteiger partial charge in [-0.2, -0.15) is 0 Å². The highest BCUT2D eigenvalue weighted by atomic mass is 16.5. The largest absolute Gasteiger partial charge is 0.497 e. The van der Waals surface area contributed by atoms with Crippen molar-refractivity contribution in [3.63, 3.8) is 0 Å². The van der Waals surface area contributed by atoms with Gasteiger partial charge in [0.25, 0.3) is 0 Å². The summed E-state index contributed by atoms with van der Waals surface area (Å²) in [6.07, 6.45) is 2.20. The Balaban J connectivity index is 1.42. The maximum Gasteiger partial charge on any atom is 0.137 e. The van der Waals surface area contributed by atoms with E-state index in [4.69, 9.17) is 14.7 Å². The number of aromatic nitrogens is 3. The summed E-state index contributed by atoms with van der Waals surface area (Å²) in [5.41, 5.74) is 6.55. The van der Waals surface area contributed by atoms with Crippen LogP contribution in [0.2, 0.25) is 0 Å². The van der Waals surface area contributed by atoms with E-state index in [1.807, 2.05) is 25.1 Å². The van der Waals surface area contributed by atoms with E-state index in [0.29, 0.717) is 0 Å². The van der Waals surface area contributed by atoms with Gasteiger partial charge in [-0.25, -0.2) is 4.98 Å². The highest BCUT2D eigenvalue weighted by Crippen LogP contribution is 2.28. The maximum absolute atomic E-state index is 5.31. The van der Waals surface area contributed by atoms with Crippen LogP contribution >= 0.6 is 0 Å². The quantitative estimate of drug-likeness (QED) is 0.478. The van der Waals surface area contributed by atoms with Crippen LogP contribution in [0.3, 0.4) is 0 Å². The Morgan fingerprint density at radius 3 is 2.56 bits per heavy atom. The fourth-order valence-electron chi connectivity index (χ4n) is 4.50. The van der Waals surface area contributed by atoms with Crippen LogP contribution in [0.15, 0.2) is 66.9 Å². The molecule has 0 radical (unpaired) electrons. The summed E-state index contributed by atoms with van der Waals surface area (Å²) in [5.74, 6) is 0.860. The number of aryl methyl sites for hydroxylation is 1. The lowest BCUT2D eigenvalue weighted by Crippen LogP contribution is -2.46. The number of hydrogen-bond acceptors (Lipinski definition) is 5. The van der Waals surface area contributed by atoms with E-state index >= 15 is 0 Å². The van der Waals surface area contributed by atoms with Gasteiger partial charge in [0.2, 0.25) is 0 Å². The van der Waals surface area contributed by atoms with Crippen molar-refractivity contribution < 1.29 is 4.74 Å². The third-order valence-electron chi connectivity index (χ3n) is 6.30. The zero-order valence-electron chi connectivity index (χ0n) is 18.9. The topological polar surface area (TPSA) is 45.9 Å². The average Bonchev–Trinajstić information content (AvgIpc) is 3.25. The molecule has 1 aromatic carbocycles. The number of likely N-dealkylation sites (N-methyl/N-ethyl adjacent to an activating group) is 1. The number of nitrogens with zero attached hydrogens (tertiary/aromatic N) is 5. The molecule has 0 spiro atoms. The number of methoxy groups -OCH3 is 1. The van der Waals surface area contributed by atoms with Crippen LogP contribution in [0, 0.1) is 6.92 Å². The van der Waals surface area contributed by atoms with Crippen LogP contribution in [-0.4, -0.2) is 58.0 Å². The molecule has 0 amide bonds. The van der Waals surface area contributed by atoms with Gasteiger partial charge in [0.05, 0.1) is 30.2 Å². The monoisotopic (exact) mass is 427 g/mol. The number of imidazole rings is 1. The molecule has 32 heavy (non-hydrogen) atoms. The summed E-state index contributed by atoms with van der Waals surface area (Å²) in [5, 5.41) is 0. The molecule has 1 aliphatic rings. The minimum atomic E-state index is 0.247. The smallest absolute Gasteiger partial charge is 0.137 e. The van der Waals surface area contributed by atoms with Crippen LogP contribution in [-0.2, 0) is 6.54 Å². The van der Waals surface area contributed by atoms with Crippen molar-refractivity contribution in [1.82, 2.24) is 24.2 Å². The van der Waals surface area contributed by atoms with Gasteiger partial charge < -0.3 is 4.74 Å². The molecule has 0 N–H and O–H groups in total. The third-order valence-corrected chi connectivity index (χ3v) is 6.30. The van der Waals surface area contributed by atoms with Crippen molar-refractivity contribution >= 4 is 5.65 Å². The Kier molecular flexibility index (Phi) is 5.64. The number of pyridine rings is 2. The molecule has 5 rings (SSSR count). The van der Waals surface area contributed by atoms with Gasteiger partial charge in [-0.1, -0.05) is 12.1 Å². The number of benzene rings is 1. The summed E-state index contributed by atoms with van der Waals surface area (Å²) in [4.78, 5) is 14.6. The van der Waals surface area contributed by atoms with Crippen molar-refractivity contribution in [2.45, 2.75) is 19.5 Å². The van der Waals surface area contributed by atoms with Gasteiger partial charge in [-0.15, -0.1) is 0 Å². The number of hydrogen-bond donors (Lipinski definition) is 0. The Bertz CT molecular complexity index is 1220. The SMILES string of the molecule is COc1ccc(-c2cccc3nc([C@@H]4CN(Cc5cccc(C)n5)CCN4C)cn23)cc1. The first-order valence-electron chi connectivity index (χ1n) is 11.1. The predicted molar refractivity (Wildman–Crippen MR) is 127 cm³/mol. The van der Waals surface area contributed by atoms with E-state index in [1.54, 1.807) is 7.11 Å². The molecule has 1 aliphatic heterocycles. The molecule has 3 aromatic heterocycles. The highest BCUT2D eigenvalue weighted by molar-refractivity contribution is 5.64. The van der Waals surface area contributed by atoms with E-state index in [0.717, 1.165) is 65.9 Å². The predicted octanol–water partition coefficient (Wildman–Crippen LogP) is 4.20. The molecule has 1 atom stereocenters. The average molecular weight is 428 g/mol. The Labute approximate surface area is 189 Å². The van der Waals surface area contributed by atoms with E-state index in [2.05, 4.69) is 69.9 Å². The second kappa shape index (κ2) is 8.73. The Hall–Kier alpha value is -3.22. The molecule has 1 saturated heterocycles. The second-order valence-corrected chi connectivity index (χ2v) is 8.54. The van der Waals surface area contributed by atoms with Crippen LogP contribution in [0.25, 0.3) is 16.9 Å². The number of rotatable bonds is 5. The van der Waals surface area contributed by atoms with Crippen molar-refractivity contribution in [3.8, 4) is 17.0 Å². The number of ether oxygens (including phenoxy) is 1. The summed E-state index contributed by atoms with van der Waals surface area (Å²) in [7, 11) is 3.89. The first kappa shape index (κ1) is 20.7. The summed E-state index contributed by atoms with van der Waals surface area (Å²) >= 11 is 0. The zero-order chi connectivity index (χ0) is 22.1. The molecule has 164 valence electrons. The molecule has 6 heteroatoms. The van der Waals surface area contributed by atoms with Crippen molar-refractivity contribution in [2.24, 2.45) is 0 Å². The molecule has 0 aliphatic carbocycles. The zero-order valence-corrected chi connectivity index (χ0v) is 18.9. The second-order valence-electron chi connectivity index (χ2n) is 8.54. The molecular weight excluding hydrogens is 398 g/mol. The first-order chi connectivity index (χ1) is 15.6. The summed E-state index contributed by atoms with van der Waals surface area (Å²) in [6.45, 7) is 5.90. The van der Waals surface area contributed by atoms with Gasteiger partial charge in [-0.05, 0) is 68.1 Å². The van der Waals surface area contributed by atoms with Crippen molar-refractivity contribution in [2.75, 3.05) is 33.8 Å². The lowest BCUT2D eigenvalue weighted by Gasteiger charge is -2.38. The van der Waals surface area contributed by atoms with Crippen LogP contribution in [0.1, 0.15) is 23.1 Å². The van der Waals surface area contributed by atoms with E-state index in [-0.39, 0.29) is 6.04 Å². The minimum absolute atomic E-state index is 0.247. The normalized spacial score (nSPS) is 17.7. The lowest BCUT2D eigenvalue weighted by atomic mass is 10.1. The fraction of sp³-hybridized carbons (Fsp3) is 0.308. The minimum Gasteiger partial charge on any atom is -0.497 e. The number of piperazine rings is 1. The standard InChI is InChI=1S/C26H29N5O/c1-19-6-4-7-21(27-19)16-30-15-14-29(2)25(18-30)23-17-31-24(8-5-9-26(31)28-23)20-10-12-22(32-3)13-11-20/h4-13,17,25H,14-16,18H2,1-3H3/t25-/m0/s1. The molecule has 0 bridgehead atoms. The van der Waals surface area contributed by atoms with E-state index in [9.17, 15) is 0 Å². The molecule has 0 unspecified atom stereocenters. The Morgan fingerprint density at radius 1 is 0.969 bits per heavy atom. The van der Waals surface area contributed by atoms with Gasteiger partial charge in [0.1, 0.15) is 11.4 Å². The summed E-state index contributed by atoms with van der Waals surface area (Å²) in [6, 6.07) is 21.0.